The van der Waals surface area contributed by atoms with E-state index in [0.717, 1.165) is 10.5 Å². The molecule has 0 unspecified atom stereocenters. The summed E-state index contributed by atoms with van der Waals surface area (Å²) in [5.41, 5.74) is 0.578. The van der Waals surface area contributed by atoms with Gasteiger partial charge in [0.25, 0.3) is 5.91 Å². The highest BCUT2D eigenvalue weighted by Gasteiger charge is 2.75. The van der Waals surface area contributed by atoms with E-state index < -0.39 is 35.4 Å². The van der Waals surface area contributed by atoms with Crippen molar-refractivity contribution >= 4 is 35.0 Å². The number of fused-ring (bicyclic) bond motifs is 4. The number of hydrogen-bond acceptors (Lipinski definition) is 5. The molecule has 5 atom stereocenters. The smallest absolute Gasteiger partial charge is 0.291 e. The van der Waals surface area contributed by atoms with E-state index in [4.69, 9.17) is 16.3 Å². The SMILES string of the molecule is COCCN1C(=O)[C@@H]2[C@@H]([C@@H](C)O)[NH2+][C@@]3(C(=O)Nc4c(Cl)cc(C)cc43)[C@@H]2C1=O. The number of aliphatic hydroxyl groups is 1. The molecule has 28 heavy (non-hydrogen) atoms. The third-order valence-electron chi connectivity index (χ3n) is 6.17. The predicted octanol–water partition coefficient (Wildman–Crippen LogP) is -0.630. The molecule has 150 valence electrons. The van der Waals surface area contributed by atoms with Crippen molar-refractivity contribution in [3.63, 3.8) is 0 Å². The zero-order valence-corrected chi connectivity index (χ0v) is 16.6. The van der Waals surface area contributed by atoms with Crippen LogP contribution < -0.4 is 10.6 Å². The summed E-state index contributed by atoms with van der Waals surface area (Å²) in [5.74, 6) is -2.86. The minimum absolute atomic E-state index is 0.118. The van der Waals surface area contributed by atoms with Gasteiger partial charge in [-0.2, -0.15) is 0 Å². The van der Waals surface area contributed by atoms with E-state index in [1.165, 1.54) is 7.11 Å². The van der Waals surface area contributed by atoms with Crippen molar-refractivity contribution in [1.82, 2.24) is 4.90 Å². The Morgan fingerprint density at radius 2 is 2.07 bits per heavy atom. The van der Waals surface area contributed by atoms with Crippen molar-refractivity contribution in [2.45, 2.75) is 31.5 Å². The Bertz CT molecular complexity index is 889. The summed E-state index contributed by atoms with van der Waals surface area (Å²) in [4.78, 5) is 40.7. The molecule has 4 N–H and O–H groups in total. The Hall–Kier alpha value is -2.00. The number of likely N-dealkylation sites (tertiary alicyclic amines) is 1. The maximum atomic E-state index is 13.3. The summed E-state index contributed by atoms with van der Waals surface area (Å²) < 4.78 is 5.02. The number of amides is 3. The molecule has 0 saturated carbocycles. The Morgan fingerprint density at radius 1 is 1.36 bits per heavy atom. The molecule has 1 spiro atoms. The zero-order chi connectivity index (χ0) is 20.4. The van der Waals surface area contributed by atoms with Gasteiger partial charge in [-0.25, -0.2) is 0 Å². The number of ether oxygens (including phenoxy) is 1. The molecule has 0 radical (unpaired) electrons. The standard InChI is InChI=1S/C19H22ClN3O5/c1-8-6-10-15(11(20)7-8)21-18(27)19(10)13-12(14(22-19)9(2)24)16(25)23(17(13)26)4-5-28-3/h6-7,9,12-14,22,24H,4-5H2,1-3H3,(H,21,27)/p+1/t9-,12+,13+,14-,19-/m1/s1. The van der Waals surface area contributed by atoms with E-state index in [-0.39, 0.29) is 25.0 Å². The van der Waals surface area contributed by atoms with Gasteiger partial charge >= 0.3 is 0 Å². The number of carbonyl (C=O) groups excluding carboxylic acids is 3. The third-order valence-corrected chi connectivity index (χ3v) is 6.47. The molecule has 0 aromatic heterocycles. The topological polar surface area (TPSA) is 113 Å². The van der Waals surface area contributed by atoms with Crippen LogP contribution in [0, 0.1) is 18.8 Å². The van der Waals surface area contributed by atoms with Gasteiger partial charge < -0.3 is 20.5 Å². The van der Waals surface area contributed by atoms with E-state index in [1.54, 1.807) is 18.3 Å². The van der Waals surface area contributed by atoms with Crippen LogP contribution in [-0.4, -0.2) is 60.1 Å². The Balaban J connectivity index is 1.89. The van der Waals surface area contributed by atoms with Crippen LogP contribution in [0.4, 0.5) is 5.69 Å². The van der Waals surface area contributed by atoms with Gasteiger partial charge in [-0.3, -0.25) is 19.3 Å². The van der Waals surface area contributed by atoms with Crippen LogP contribution in [0.25, 0.3) is 0 Å². The van der Waals surface area contributed by atoms with Gasteiger partial charge in [0.05, 0.1) is 23.9 Å². The fraction of sp³-hybridized carbons (Fsp3) is 0.526. The molecular formula is C19H23ClN3O5+. The maximum Gasteiger partial charge on any atom is 0.291 e. The van der Waals surface area contributed by atoms with E-state index in [9.17, 15) is 19.5 Å². The Morgan fingerprint density at radius 3 is 2.71 bits per heavy atom. The summed E-state index contributed by atoms with van der Waals surface area (Å²) in [6.45, 7) is 3.76. The van der Waals surface area contributed by atoms with Crippen molar-refractivity contribution in [1.29, 1.82) is 0 Å². The Kier molecular flexibility index (Phi) is 4.50. The van der Waals surface area contributed by atoms with E-state index in [1.807, 2.05) is 13.0 Å². The monoisotopic (exact) mass is 408 g/mol. The first-order valence-electron chi connectivity index (χ1n) is 9.24. The first kappa shape index (κ1) is 19.3. The maximum absolute atomic E-state index is 13.3. The molecule has 2 fully saturated rings. The molecular weight excluding hydrogens is 386 g/mol. The van der Waals surface area contributed by atoms with Crippen molar-refractivity contribution < 1.29 is 29.5 Å². The lowest BCUT2D eigenvalue weighted by molar-refractivity contribution is -0.738. The molecule has 0 aliphatic carbocycles. The molecule has 8 nitrogen and oxygen atoms in total. The molecule has 0 bridgehead atoms. The molecule has 3 aliphatic heterocycles. The van der Waals surface area contributed by atoms with Gasteiger partial charge in [-0.1, -0.05) is 11.6 Å². The molecule has 9 heteroatoms. The zero-order valence-electron chi connectivity index (χ0n) is 15.9. The summed E-state index contributed by atoms with van der Waals surface area (Å²) in [5, 5.41) is 15.2. The molecule has 3 amide bonds. The number of anilines is 1. The summed E-state index contributed by atoms with van der Waals surface area (Å²) in [7, 11) is 1.49. The number of imide groups is 1. The number of benzene rings is 1. The molecule has 2 saturated heterocycles. The van der Waals surface area contributed by atoms with Crippen LogP contribution in [0.3, 0.4) is 0 Å². The summed E-state index contributed by atoms with van der Waals surface area (Å²) in [6, 6.07) is 2.95. The normalized spacial score (nSPS) is 32.1. The number of hydrogen-bond donors (Lipinski definition) is 3. The van der Waals surface area contributed by atoms with Crippen molar-refractivity contribution in [3.8, 4) is 0 Å². The molecule has 3 aliphatic rings. The highest BCUT2D eigenvalue weighted by atomic mass is 35.5. The fourth-order valence-corrected chi connectivity index (χ4v) is 5.30. The lowest BCUT2D eigenvalue weighted by atomic mass is 9.76. The van der Waals surface area contributed by atoms with Gasteiger partial charge in [0.1, 0.15) is 24.0 Å². The number of nitrogens with one attached hydrogen (secondary N) is 1. The molecule has 4 rings (SSSR count). The van der Waals surface area contributed by atoms with Crippen LogP contribution in [0.1, 0.15) is 18.1 Å². The van der Waals surface area contributed by atoms with Crippen LogP contribution in [0.5, 0.6) is 0 Å². The van der Waals surface area contributed by atoms with Gasteiger partial charge in [0.2, 0.25) is 17.4 Å². The second-order valence-electron chi connectivity index (χ2n) is 7.80. The van der Waals surface area contributed by atoms with Gasteiger partial charge in [-0.05, 0) is 31.5 Å². The van der Waals surface area contributed by atoms with Crippen molar-refractivity contribution in [2.75, 3.05) is 25.6 Å². The van der Waals surface area contributed by atoms with Crippen molar-refractivity contribution in [2.24, 2.45) is 11.8 Å². The Labute approximate surface area is 167 Å². The number of methoxy groups -OCH3 is 1. The molecule has 1 aromatic rings. The average Bonchev–Trinajstić information content (AvgIpc) is 3.21. The van der Waals surface area contributed by atoms with Crippen LogP contribution >= 0.6 is 11.6 Å². The first-order valence-corrected chi connectivity index (χ1v) is 9.62. The molecule has 3 heterocycles. The number of quaternary nitrogens is 1. The number of nitrogens with two attached hydrogens (primary N) is 1. The quantitative estimate of drug-likeness (QED) is 0.574. The number of aliphatic hydroxyl groups excluding tert-OH is 1. The lowest BCUT2D eigenvalue weighted by Gasteiger charge is -2.27. The van der Waals surface area contributed by atoms with Crippen molar-refractivity contribution in [3.05, 3.63) is 28.3 Å². The number of halogens is 1. The van der Waals surface area contributed by atoms with Crippen LogP contribution in [-0.2, 0) is 24.7 Å². The second kappa shape index (κ2) is 6.52. The fourth-order valence-electron chi connectivity index (χ4n) is 4.98. The number of aryl methyl sites for hydroxylation is 1. The van der Waals surface area contributed by atoms with E-state index in [2.05, 4.69) is 5.32 Å². The number of carbonyl (C=O) groups is 3. The number of nitrogens with zero attached hydrogens (tertiary/aromatic N) is 1. The highest BCUT2D eigenvalue weighted by Crippen LogP contribution is 2.51. The van der Waals surface area contributed by atoms with E-state index in [0.29, 0.717) is 16.3 Å². The van der Waals surface area contributed by atoms with Gasteiger partial charge in [0, 0.05) is 12.7 Å². The van der Waals surface area contributed by atoms with Crippen LogP contribution in [0.15, 0.2) is 12.1 Å². The predicted molar refractivity (Wildman–Crippen MR) is 99.5 cm³/mol. The first-order chi connectivity index (χ1) is 13.2. The molecule has 1 aromatic carbocycles. The van der Waals surface area contributed by atoms with E-state index >= 15 is 0 Å². The van der Waals surface area contributed by atoms with Crippen LogP contribution in [0.2, 0.25) is 5.02 Å². The summed E-state index contributed by atoms with van der Waals surface area (Å²) >= 11 is 6.35. The lowest BCUT2D eigenvalue weighted by Crippen LogP contribution is -3.00. The highest BCUT2D eigenvalue weighted by molar-refractivity contribution is 6.35. The van der Waals surface area contributed by atoms with Gasteiger partial charge in [-0.15, -0.1) is 0 Å². The van der Waals surface area contributed by atoms with Gasteiger partial charge in [0.15, 0.2) is 0 Å². The third kappa shape index (κ3) is 2.38. The largest absolute Gasteiger partial charge is 0.387 e. The number of rotatable bonds is 4. The summed E-state index contributed by atoms with van der Waals surface area (Å²) in [6.07, 6.45) is -0.886. The minimum atomic E-state index is -1.33. The minimum Gasteiger partial charge on any atom is -0.387 e. The second-order valence-corrected chi connectivity index (χ2v) is 8.21. The average molecular weight is 409 g/mol.